The van der Waals surface area contributed by atoms with E-state index in [2.05, 4.69) is 4.99 Å². The first-order chi connectivity index (χ1) is 10.1. The number of likely N-dealkylation sites (N-methyl/N-ethyl adjacent to an activating group) is 1. The van der Waals surface area contributed by atoms with Gasteiger partial charge >= 0.3 is 0 Å². The molecule has 2 rings (SSSR count). The fourth-order valence-corrected chi connectivity index (χ4v) is 2.20. The van der Waals surface area contributed by atoms with Crippen molar-refractivity contribution in [2.24, 2.45) is 4.99 Å². The minimum absolute atomic E-state index is 0.0720. The Morgan fingerprint density at radius 2 is 1.95 bits per heavy atom. The van der Waals surface area contributed by atoms with Gasteiger partial charge in [-0.3, -0.25) is 4.99 Å². The molecule has 21 heavy (non-hydrogen) atoms. The third-order valence-electron chi connectivity index (χ3n) is 3.40. The van der Waals surface area contributed by atoms with Crippen LogP contribution in [0.15, 0.2) is 53.5 Å². The smallest absolute Gasteiger partial charge is 0.133 e. The van der Waals surface area contributed by atoms with Crippen molar-refractivity contribution in [2.45, 2.75) is 6.04 Å². The summed E-state index contributed by atoms with van der Waals surface area (Å²) in [7, 11) is 4.04. The summed E-state index contributed by atoms with van der Waals surface area (Å²) < 4.78 is 13.4. The number of nitrogens with zero attached hydrogens (tertiary/aromatic N) is 1. The number of quaternary nitrogens is 1. The molecule has 3 nitrogen and oxygen atoms in total. The standard InChI is InChI=1S/C17H19FN2O/c1-20(2)16(13-7-5-8-15(18)10-13)12-19-11-14-6-3-4-9-17(14)21/h3-11,16,21H,12H2,1-2H3/p+1/t16-/m0/s1. The van der Waals surface area contributed by atoms with E-state index >= 15 is 0 Å². The maximum atomic E-state index is 13.4. The van der Waals surface area contributed by atoms with Crippen LogP contribution in [0.1, 0.15) is 17.2 Å². The molecule has 110 valence electrons. The third-order valence-corrected chi connectivity index (χ3v) is 3.40. The molecule has 0 bridgehead atoms. The Labute approximate surface area is 124 Å². The number of para-hydroxylation sites is 1. The van der Waals surface area contributed by atoms with Crippen LogP contribution in [0.4, 0.5) is 4.39 Å². The molecule has 1 atom stereocenters. The number of halogens is 1. The van der Waals surface area contributed by atoms with Gasteiger partial charge in [0.15, 0.2) is 0 Å². The van der Waals surface area contributed by atoms with Crippen molar-refractivity contribution in [2.75, 3.05) is 20.6 Å². The molecule has 0 aliphatic heterocycles. The molecule has 0 amide bonds. The highest BCUT2D eigenvalue weighted by molar-refractivity contribution is 5.83. The lowest BCUT2D eigenvalue weighted by atomic mass is 10.1. The lowest BCUT2D eigenvalue weighted by Crippen LogP contribution is -3.06. The van der Waals surface area contributed by atoms with E-state index in [9.17, 15) is 9.50 Å². The van der Waals surface area contributed by atoms with Crippen molar-refractivity contribution in [3.8, 4) is 5.75 Å². The quantitative estimate of drug-likeness (QED) is 0.809. The largest absolute Gasteiger partial charge is 0.507 e. The fourth-order valence-electron chi connectivity index (χ4n) is 2.20. The molecule has 0 aromatic heterocycles. The first-order valence-electron chi connectivity index (χ1n) is 6.91. The minimum atomic E-state index is -0.233. The predicted molar refractivity (Wildman–Crippen MR) is 82.5 cm³/mol. The average Bonchev–Trinajstić information content (AvgIpc) is 2.45. The number of phenols is 1. The zero-order valence-electron chi connectivity index (χ0n) is 12.3. The van der Waals surface area contributed by atoms with E-state index in [1.54, 1.807) is 36.5 Å². The van der Waals surface area contributed by atoms with Gasteiger partial charge in [0.25, 0.3) is 0 Å². The Morgan fingerprint density at radius 3 is 2.62 bits per heavy atom. The number of hydrogen-bond donors (Lipinski definition) is 2. The van der Waals surface area contributed by atoms with Crippen molar-refractivity contribution >= 4 is 6.21 Å². The highest BCUT2D eigenvalue weighted by atomic mass is 19.1. The second-order valence-electron chi connectivity index (χ2n) is 5.24. The van der Waals surface area contributed by atoms with Crippen LogP contribution < -0.4 is 4.90 Å². The van der Waals surface area contributed by atoms with Gasteiger partial charge in [-0.1, -0.05) is 24.3 Å². The Balaban J connectivity index is 2.13. The van der Waals surface area contributed by atoms with E-state index in [4.69, 9.17) is 0 Å². The number of benzene rings is 2. The number of aliphatic imine (C=N–C) groups is 1. The van der Waals surface area contributed by atoms with Crippen LogP contribution in [0.25, 0.3) is 0 Å². The van der Waals surface area contributed by atoms with Crippen molar-refractivity contribution in [3.05, 3.63) is 65.5 Å². The van der Waals surface area contributed by atoms with E-state index < -0.39 is 0 Å². The van der Waals surface area contributed by atoms with E-state index in [-0.39, 0.29) is 17.6 Å². The summed E-state index contributed by atoms with van der Waals surface area (Å²) in [5, 5.41) is 9.69. The predicted octanol–water partition coefficient (Wildman–Crippen LogP) is 1.84. The average molecular weight is 287 g/mol. The second kappa shape index (κ2) is 6.99. The molecule has 0 saturated carbocycles. The van der Waals surface area contributed by atoms with E-state index in [0.29, 0.717) is 12.1 Å². The third kappa shape index (κ3) is 4.13. The first-order valence-corrected chi connectivity index (χ1v) is 6.91. The maximum absolute atomic E-state index is 13.4. The highest BCUT2D eigenvalue weighted by Gasteiger charge is 2.17. The zero-order chi connectivity index (χ0) is 15.2. The number of nitrogens with one attached hydrogen (secondary N) is 1. The van der Waals surface area contributed by atoms with Gasteiger partial charge in [-0.15, -0.1) is 0 Å². The van der Waals surface area contributed by atoms with E-state index in [1.165, 1.54) is 11.0 Å². The molecule has 0 aliphatic carbocycles. The van der Waals surface area contributed by atoms with Crippen molar-refractivity contribution in [3.63, 3.8) is 0 Å². The zero-order valence-corrected chi connectivity index (χ0v) is 12.3. The monoisotopic (exact) mass is 287 g/mol. The number of aromatic hydroxyl groups is 1. The Kier molecular flexibility index (Phi) is 5.06. The topological polar surface area (TPSA) is 37.0 Å². The molecule has 2 aromatic rings. The fraction of sp³-hybridized carbons (Fsp3) is 0.235. The van der Waals surface area contributed by atoms with Crippen LogP contribution in [0.3, 0.4) is 0 Å². The van der Waals surface area contributed by atoms with Gasteiger partial charge in [-0.25, -0.2) is 4.39 Å². The van der Waals surface area contributed by atoms with Gasteiger partial charge in [-0.05, 0) is 24.3 Å². The summed E-state index contributed by atoms with van der Waals surface area (Å²) in [5.41, 5.74) is 1.61. The van der Waals surface area contributed by atoms with Crippen molar-refractivity contribution in [1.29, 1.82) is 0 Å². The summed E-state index contributed by atoms with van der Waals surface area (Å²) in [6.07, 6.45) is 1.66. The van der Waals surface area contributed by atoms with Crippen molar-refractivity contribution < 1.29 is 14.4 Å². The summed E-state index contributed by atoms with van der Waals surface area (Å²) in [5.74, 6) is -0.0239. The van der Waals surface area contributed by atoms with E-state index in [0.717, 1.165) is 5.56 Å². The molecule has 2 aromatic carbocycles. The summed E-state index contributed by atoms with van der Waals surface area (Å²) in [6.45, 7) is 0.528. The van der Waals surface area contributed by atoms with E-state index in [1.807, 2.05) is 26.2 Å². The highest BCUT2D eigenvalue weighted by Crippen LogP contribution is 2.14. The molecule has 0 saturated heterocycles. The normalized spacial score (nSPS) is 13.0. The molecule has 4 heteroatoms. The molecule has 0 unspecified atom stereocenters. The Morgan fingerprint density at radius 1 is 1.19 bits per heavy atom. The van der Waals surface area contributed by atoms with Crippen LogP contribution in [0, 0.1) is 5.82 Å². The van der Waals surface area contributed by atoms with Gasteiger partial charge in [0, 0.05) is 17.3 Å². The lowest BCUT2D eigenvalue weighted by molar-refractivity contribution is -0.890. The molecular weight excluding hydrogens is 267 g/mol. The Hall–Kier alpha value is -2.20. The van der Waals surface area contributed by atoms with Crippen molar-refractivity contribution in [1.82, 2.24) is 0 Å². The second-order valence-corrected chi connectivity index (χ2v) is 5.24. The summed E-state index contributed by atoms with van der Waals surface area (Å²) in [4.78, 5) is 5.58. The first kappa shape index (κ1) is 15.2. The summed E-state index contributed by atoms with van der Waals surface area (Å²) >= 11 is 0. The van der Waals surface area contributed by atoms with Crippen LogP contribution in [0.2, 0.25) is 0 Å². The van der Waals surface area contributed by atoms with Gasteiger partial charge in [0.1, 0.15) is 17.6 Å². The maximum Gasteiger partial charge on any atom is 0.133 e. The number of hydrogen-bond acceptors (Lipinski definition) is 2. The lowest BCUT2D eigenvalue weighted by Gasteiger charge is -2.20. The molecule has 0 spiro atoms. The minimum Gasteiger partial charge on any atom is -0.507 e. The number of phenolic OH excluding ortho intramolecular Hbond substituents is 1. The molecular formula is C17H20FN2O+. The van der Waals surface area contributed by atoms with Crippen LogP contribution in [-0.2, 0) is 0 Å². The molecule has 0 radical (unpaired) electrons. The molecule has 0 aliphatic rings. The van der Waals surface area contributed by atoms with Gasteiger partial charge in [-0.2, -0.15) is 0 Å². The van der Waals surface area contributed by atoms with Gasteiger partial charge < -0.3 is 10.0 Å². The molecule has 0 fully saturated rings. The van der Waals surface area contributed by atoms with Gasteiger partial charge in [0.2, 0.25) is 0 Å². The molecule has 0 heterocycles. The number of rotatable bonds is 5. The summed E-state index contributed by atoms with van der Waals surface area (Å²) in [6, 6.07) is 13.7. The molecule has 2 N–H and O–H groups in total. The van der Waals surface area contributed by atoms with Gasteiger partial charge in [0.05, 0.1) is 20.6 Å². The van der Waals surface area contributed by atoms with Crippen LogP contribution in [0.5, 0.6) is 5.75 Å². The Bertz CT molecular complexity index is 626. The van der Waals surface area contributed by atoms with Crippen LogP contribution >= 0.6 is 0 Å². The SMILES string of the molecule is C[NH+](C)[C@@H](CN=Cc1ccccc1O)c1cccc(F)c1. The van der Waals surface area contributed by atoms with Crippen LogP contribution in [-0.4, -0.2) is 32.0 Å².